The highest BCUT2D eigenvalue weighted by atomic mass is 35.5. The van der Waals surface area contributed by atoms with Crippen LogP contribution in [0.15, 0.2) is 43.0 Å². The second kappa shape index (κ2) is 8.11. The fourth-order valence-corrected chi connectivity index (χ4v) is 3.46. The molecule has 3 rings (SSSR count). The van der Waals surface area contributed by atoms with Crippen molar-refractivity contribution < 1.29 is 4.79 Å². The lowest BCUT2D eigenvalue weighted by molar-refractivity contribution is 0.230. The Kier molecular flexibility index (Phi) is 5.64. The Balaban J connectivity index is 1.66. The van der Waals surface area contributed by atoms with E-state index in [1.165, 1.54) is 19.2 Å². The van der Waals surface area contributed by atoms with Crippen LogP contribution >= 0.6 is 11.6 Å². The third-order valence-corrected chi connectivity index (χ3v) is 4.67. The van der Waals surface area contributed by atoms with E-state index in [4.69, 9.17) is 11.6 Å². The lowest BCUT2D eigenvalue weighted by Gasteiger charge is -2.25. The van der Waals surface area contributed by atoms with Gasteiger partial charge >= 0.3 is 6.03 Å². The van der Waals surface area contributed by atoms with E-state index in [1.54, 1.807) is 12.4 Å². The van der Waals surface area contributed by atoms with Crippen LogP contribution < -0.4 is 10.6 Å². The quantitative estimate of drug-likeness (QED) is 0.865. The number of hydrogen-bond acceptors (Lipinski definition) is 3. The lowest BCUT2D eigenvalue weighted by Crippen LogP contribution is -2.40. The Labute approximate surface area is 146 Å². The Morgan fingerprint density at radius 3 is 2.71 bits per heavy atom. The van der Waals surface area contributed by atoms with E-state index in [1.807, 2.05) is 24.3 Å². The average molecular weight is 345 g/mol. The minimum absolute atomic E-state index is 0.0155. The van der Waals surface area contributed by atoms with Gasteiger partial charge in [0.25, 0.3) is 0 Å². The number of rotatable bonds is 5. The summed E-state index contributed by atoms with van der Waals surface area (Å²) in [4.78, 5) is 20.2. The molecule has 1 atom stereocenters. The first-order valence-corrected chi connectivity index (χ1v) is 8.64. The van der Waals surface area contributed by atoms with E-state index < -0.39 is 0 Å². The first-order valence-electron chi connectivity index (χ1n) is 8.26. The molecule has 0 radical (unpaired) electrons. The predicted octanol–water partition coefficient (Wildman–Crippen LogP) is 3.86. The van der Waals surface area contributed by atoms with E-state index in [9.17, 15) is 4.79 Å². The molecule has 0 saturated heterocycles. The van der Waals surface area contributed by atoms with Gasteiger partial charge in [0, 0.05) is 29.5 Å². The molecule has 1 aliphatic rings. The number of hydrogen-bond donors (Lipinski definition) is 2. The summed E-state index contributed by atoms with van der Waals surface area (Å²) in [6.45, 7) is 0.402. The molecule has 1 saturated carbocycles. The first kappa shape index (κ1) is 16.7. The van der Waals surface area contributed by atoms with Gasteiger partial charge in [0.05, 0.1) is 6.04 Å². The van der Waals surface area contributed by atoms with Crippen LogP contribution in [0.5, 0.6) is 0 Å². The van der Waals surface area contributed by atoms with Gasteiger partial charge < -0.3 is 10.6 Å². The molecule has 0 unspecified atom stereocenters. The molecule has 2 aromatic rings. The third-order valence-electron chi connectivity index (χ3n) is 4.43. The standard InChI is InChI=1S/C18H21ClN4O/c19-16-7-3-6-15(8-16)17(14-4-1-2-5-14)23-18(24)22-11-13-9-20-12-21-10-13/h3,6-10,12,14,17H,1-2,4-5,11H2,(H2,22,23,24)/t17-/m0/s1. The SMILES string of the molecule is O=C(NCc1cncnc1)N[C@H](c1cccc(Cl)c1)C1CCCC1. The molecule has 2 amide bonds. The van der Waals surface area contributed by atoms with Crippen molar-refractivity contribution in [3.8, 4) is 0 Å². The van der Waals surface area contributed by atoms with Crippen LogP contribution in [0.1, 0.15) is 42.9 Å². The topological polar surface area (TPSA) is 66.9 Å². The van der Waals surface area contributed by atoms with Crippen molar-refractivity contribution in [3.63, 3.8) is 0 Å². The van der Waals surface area contributed by atoms with Crippen molar-refractivity contribution in [2.24, 2.45) is 5.92 Å². The summed E-state index contributed by atoms with van der Waals surface area (Å²) in [6, 6.07) is 7.55. The van der Waals surface area contributed by atoms with Crippen molar-refractivity contribution in [1.82, 2.24) is 20.6 Å². The molecule has 6 heteroatoms. The zero-order chi connectivity index (χ0) is 16.8. The fourth-order valence-electron chi connectivity index (χ4n) is 3.26. The maximum atomic E-state index is 12.3. The van der Waals surface area contributed by atoms with Crippen molar-refractivity contribution in [1.29, 1.82) is 0 Å². The van der Waals surface area contributed by atoms with Crippen LogP contribution in [0.4, 0.5) is 4.79 Å². The maximum Gasteiger partial charge on any atom is 0.315 e. The molecular formula is C18H21ClN4O. The minimum Gasteiger partial charge on any atom is -0.334 e. The summed E-state index contributed by atoms with van der Waals surface area (Å²) in [6.07, 6.45) is 9.54. The van der Waals surface area contributed by atoms with Crippen LogP contribution in [-0.2, 0) is 6.54 Å². The van der Waals surface area contributed by atoms with Gasteiger partial charge in [-0.1, -0.05) is 36.6 Å². The number of halogens is 1. The Bertz CT molecular complexity index is 674. The molecule has 24 heavy (non-hydrogen) atoms. The van der Waals surface area contributed by atoms with Crippen molar-refractivity contribution in [2.75, 3.05) is 0 Å². The van der Waals surface area contributed by atoms with Gasteiger partial charge in [-0.2, -0.15) is 0 Å². The number of nitrogens with one attached hydrogen (secondary N) is 2. The van der Waals surface area contributed by atoms with E-state index in [0.29, 0.717) is 17.5 Å². The second-order valence-corrected chi connectivity index (χ2v) is 6.59. The van der Waals surface area contributed by atoms with E-state index in [0.717, 1.165) is 24.0 Å². The summed E-state index contributed by atoms with van der Waals surface area (Å²) >= 11 is 6.13. The molecule has 2 N–H and O–H groups in total. The summed E-state index contributed by atoms with van der Waals surface area (Å²) in [5, 5.41) is 6.69. The predicted molar refractivity (Wildman–Crippen MR) is 93.6 cm³/mol. The molecule has 1 aliphatic carbocycles. The van der Waals surface area contributed by atoms with E-state index >= 15 is 0 Å². The van der Waals surface area contributed by atoms with Crippen LogP contribution in [0.2, 0.25) is 5.02 Å². The van der Waals surface area contributed by atoms with E-state index in [-0.39, 0.29) is 12.1 Å². The highest BCUT2D eigenvalue weighted by molar-refractivity contribution is 6.30. The Morgan fingerprint density at radius 2 is 2.00 bits per heavy atom. The highest BCUT2D eigenvalue weighted by Gasteiger charge is 2.27. The molecule has 0 bridgehead atoms. The van der Waals surface area contributed by atoms with Gasteiger partial charge in [-0.05, 0) is 36.5 Å². The summed E-state index contributed by atoms with van der Waals surface area (Å²) in [7, 11) is 0. The Morgan fingerprint density at radius 1 is 1.25 bits per heavy atom. The molecule has 1 aromatic carbocycles. The van der Waals surface area contributed by atoms with Crippen LogP contribution in [-0.4, -0.2) is 16.0 Å². The molecule has 1 heterocycles. The van der Waals surface area contributed by atoms with Gasteiger partial charge in [0.15, 0.2) is 0 Å². The van der Waals surface area contributed by atoms with Gasteiger partial charge in [-0.3, -0.25) is 0 Å². The van der Waals surface area contributed by atoms with Gasteiger partial charge in [-0.25, -0.2) is 14.8 Å². The molecule has 0 spiro atoms. The highest BCUT2D eigenvalue weighted by Crippen LogP contribution is 2.36. The molecule has 0 aliphatic heterocycles. The van der Waals surface area contributed by atoms with Gasteiger partial charge in [0.2, 0.25) is 0 Å². The van der Waals surface area contributed by atoms with Crippen molar-refractivity contribution >= 4 is 17.6 Å². The van der Waals surface area contributed by atoms with E-state index in [2.05, 4.69) is 20.6 Å². The Hall–Kier alpha value is -2.14. The smallest absolute Gasteiger partial charge is 0.315 e. The number of aromatic nitrogens is 2. The largest absolute Gasteiger partial charge is 0.334 e. The van der Waals surface area contributed by atoms with Crippen molar-refractivity contribution in [3.05, 3.63) is 59.1 Å². The van der Waals surface area contributed by atoms with Crippen LogP contribution in [0, 0.1) is 5.92 Å². The molecular weight excluding hydrogens is 324 g/mol. The number of amides is 2. The summed E-state index contributed by atoms with van der Waals surface area (Å²) < 4.78 is 0. The summed E-state index contributed by atoms with van der Waals surface area (Å²) in [5.74, 6) is 0.453. The molecule has 5 nitrogen and oxygen atoms in total. The number of urea groups is 1. The zero-order valence-corrected chi connectivity index (χ0v) is 14.2. The van der Waals surface area contributed by atoms with Gasteiger partial charge in [-0.15, -0.1) is 0 Å². The number of nitrogens with zero attached hydrogens (tertiary/aromatic N) is 2. The second-order valence-electron chi connectivity index (χ2n) is 6.15. The van der Waals surface area contributed by atoms with Crippen LogP contribution in [0.25, 0.3) is 0 Å². The third kappa shape index (κ3) is 4.45. The van der Waals surface area contributed by atoms with Crippen molar-refractivity contribution in [2.45, 2.75) is 38.3 Å². The average Bonchev–Trinajstić information content (AvgIpc) is 3.13. The maximum absolute atomic E-state index is 12.3. The molecule has 126 valence electrons. The fraction of sp³-hybridized carbons (Fsp3) is 0.389. The van der Waals surface area contributed by atoms with Crippen LogP contribution in [0.3, 0.4) is 0 Å². The number of benzene rings is 1. The summed E-state index contributed by atoms with van der Waals surface area (Å²) in [5.41, 5.74) is 1.93. The monoisotopic (exact) mass is 344 g/mol. The molecule has 1 aromatic heterocycles. The molecule has 1 fully saturated rings. The number of carbonyl (C=O) groups excluding carboxylic acids is 1. The lowest BCUT2D eigenvalue weighted by atomic mass is 9.92. The normalized spacial score (nSPS) is 15.9. The van der Waals surface area contributed by atoms with Gasteiger partial charge in [0.1, 0.15) is 6.33 Å². The zero-order valence-electron chi connectivity index (χ0n) is 13.4. The minimum atomic E-state index is -0.185. The first-order chi connectivity index (χ1) is 11.7. The number of carbonyl (C=O) groups is 1.